The molecule has 2 aliphatic heterocycles. The van der Waals surface area contributed by atoms with E-state index in [-0.39, 0.29) is 11.9 Å². The smallest absolute Gasteiger partial charge is 0.272 e. The number of rotatable bonds is 4. The zero-order chi connectivity index (χ0) is 21.2. The van der Waals surface area contributed by atoms with E-state index in [4.69, 9.17) is 0 Å². The number of nitrogens with one attached hydrogen (secondary N) is 2. The Bertz CT molecular complexity index is 1060. The van der Waals surface area contributed by atoms with Crippen LogP contribution in [0.15, 0.2) is 36.7 Å². The average Bonchev–Trinajstić information content (AvgIpc) is 3.25. The van der Waals surface area contributed by atoms with E-state index >= 15 is 0 Å². The quantitative estimate of drug-likeness (QED) is 0.679. The van der Waals surface area contributed by atoms with Crippen LogP contribution in [0.2, 0.25) is 0 Å². The van der Waals surface area contributed by atoms with Crippen molar-refractivity contribution in [2.75, 3.05) is 38.1 Å². The number of amides is 1. The Hall–Kier alpha value is -2.93. The molecule has 0 unspecified atom stereocenters. The molecule has 0 bridgehead atoms. The molecule has 3 aromatic rings. The molecule has 7 heteroatoms. The molecular weight excluding hydrogens is 388 g/mol. The van der Waals surface area contributed by atoms with Gasteiger partial charge < -0.3 is 15.1 Å². The van der Waals surface area contributed by atoms with Crippen LogP contribution in [0.1, 0.15) is 42.6 Å². The summed E-state index contributed by atoms with van der Waals surface area (Å²) in [5, 5.41) is 11.4. The second-order valence-electron chi connectivity index (χ2n) is 8.86. The molecule has 162 valence electrons. The Labute approximate surface area is 182 Å². The molecule has 2 saturated heterocycles. The van der Waals surface area contributed by atoms with Crippen LogP contribution < -0.4 is 10.2 Å². The summed E-state index contributed by atoms with van der Waals surface area (Å²) < 4.78 is 0. The lowest BCUT2D eigenvalue weighted by Crippen LogP contribution is -2.43. The molecule has 0 radical (unpaired) electrons. The highest BCUT2D eigenvalue weighted by Crippen LogP contribution is 2.28. The van der Waals surface area contributed by atoms with Crippen LogP contribution in [0, 0.1) is 0 Å². The first kappa shape index (κ1) is 20.0. The molecule has 1 amide bonds. The number of anilines is 1. The second-order valence-corrected chi connectivity index (χ2v) is 8.86. The average molecular weight is 419 g/mol. The van der Waals surface area contributed by atoms with Crippen LogP contribution in [-0.2, 0) is 0 Å². The Morgan fingerprint density at radius 1 is 1.03 bits per heavy atom. The minimum atomic E-state index is -0.0989. The number of aromatic amines is 1. The van der Waals surface area contributed by atoms with Crippen molar-refractivity contribution in [1.29, 1.82) is 0 Å². The Kier molecular flexibility index (Phi) is 5.59. The fourth-order valence-electron chi connectivity index (χ4n) is 4.68. The van der Waals surface area contributed by atoms with Gasteiger partial charge in [0.15, 0.2) is 5.69 Å². The first-order chi connectivity index (χ1) is 15.2. The summed E-state index contributed by atoms with van der Waals surface area (Å²) in [6.07, 6.45) is 9.58. The van der Waals surface area contributed by atoms with Crippen molar-refractivity contribution in [3.05, 3.63) is 42.4 Å². The zero-order valence-corrected chi connectivity index (χ0v) is 18.1. The fraction of sp³-hybridized carbons (Fsp3) is 0.458. The highest BCUT2D eigenvalue weighted by atomic mass is 16.2. The van der Waals surface area contributed by atoms with Crippen LogP contribution in [0.3, 0.4) is 0 Å². The normalized spacial score (nSPS) is 18.4. The van der Waals surface area contributed by atoms with Gasteiger partial charge in [0.1, 0.15) is 0 Å². The lowest BCUT2D eigenvalue weighted by Gasteiger charge is -2.29. The van der Waals surface area contributed by atoms with Crippen LogP contribution in [0.4, 0.5) is 5.69 Å². The summed E-state index contributed by atoms with van der Waals surface area (Å²) in [5.74, 6) is -0.0989. The van der Waals surface area contributed by atoms with Gasteiger partial charge in [0.25, 0.3) is 5.91 Å². The number of hydrogen-bond donors (Lipinski definition) is 2. The van der Waals surface area contributed by atoms with Gasteiger partial charge in [0.05, 0.1) is 17.4 Å². The van der Waals surface area contributed by atoms with E-state index in [0.717, 1.165) is 61.1 Å². The standard InChI is InChI=1S/C24H30N6O/c1-29-11-7-19(8-12-29)26-24(31)23-21-14-17(5-6-22(21)27-28-23)18-13-20(16-25-15-18)30-9-3-2-4-10-30/h5-6,13-16,19H,2-4,7-12H2,1H3,(H,26,31)(H,27,28). The van der Waals surface area contributed by atoms with Gasteiger partial charge >= 0.3 is 0 Å². The number of likely N-dealkylation sites (tertiary alicyclic amines) is 1. The molecule has 4 heterocycles. The zero-order valence-electron chi connectivity index (χ0n) is 18.1. The van der Waals surface area contributed by atoms with Crippen LogP contribution in [0.25, 0.3) is 22.0 Å². The topological polar surface area (TPSA) is 77.1 Å². The van der Waals surface area contributed by atoms with E-state index < -0.39 is 0 Å². The van der Waals surface area contributed by atoms with E-state index in [1.807, 2.05) is 18.5 Å². The Morgan fingerprint density at radius 3 is 2.65 bits per heavy atom. The summed E-state index contributed by atoms with van der Waals surface area (Å²) in [6.45, 7) is 4.20. The molecule has 2 aromatic heterocycles. The van der Waals surface area contributed by atoms with E-state index in [1.54, 1.807) is 0 Å². The SMILES string of the molecule is CN1CCC(NC(=O)c2n[nH]c3ccc(-c4cncc(N5CCCCC5)c4)cc23)CC1. The first-order valence-electron chi connectivity index (χ1n) is 11.4. The largest absolute Gasteiger partial charge is 0.370 e. The second kappa shape index (κ2) is 8.67. The molecule has 2 fully saturated rings. The maximum atomic E-state index is 13.0. The van der Waals surface area contributed by atoms with Gasteiger partial charge in [-0.25, -0.2) is 0 Å². The van der Waals surface area contributed by atoms with Crippen LogP contribution >= 0.6 is 0 Å². The number of aromatic nitrogens is 3. The van der Waals surface area contributed by atoms with E-state index in [9.17, 15) is 4.79 Å². The van der Waals surface area contributed by atoms with Gasteiger partial charge in [-0.05, 0) is 76.0 Å². The number of carbonyl (C=O) groups is 1. The van der Waals surface area contributed by atoms with Crippen molar-refractivity contribution in [2.24, 2.45) is 0 Å². The van der Waals surface area contributed by atoms with E-state index in [0.29, 0.717) is 5.69 Å². The third kappa shape index (κ3) is 4.28. The van der Waals surface area contributed by atoms with Crippen molar-refractivity contribution < 1.29 is 4.79 Å². The Morgan fingerprint density at radius 2 is 1.84 bits per heavy atom. The highest BCUT2D eigenvalue weighted by molar-refractivity contribution is 6.05. The lowest BCUT2D eigenvalue weighted by molar-refractivity contribution is 0.0913. The van der Waals surface area contributed by atoms with Crippen molar-refractivity contribution in [3.8, 4) is 11.1 Å². The molecule has 0 saturated carbocycles. The molecule has 31 heavy (non-hydrogen) atoms. The Balaban J connectivity index is 1.39. The first-order valence-corrected chi connectivity index (χ1v) is 11.4. The maximum Gasteiger partial charge on any atom is 0.272 e. The van der Waals surface area contributed by atoms with E-state index in [1.165, 1.54) is 24.9 Å². The predicted molar refractivity (Wildman–Crippen MR) is 123 cm³/mol. The summed E-state index contributed by atoms with van der Waals surface area (Å²) >= 11 is 0. The van der Waals surface area contributed by atoms with Gasteiger partial charge in [-0.15, -0.1) is 0 Å². The number of piperidine rings is 2. The number of fused-ring (bicyclic) bond motifs is 1. The van der Waals surface area contributed by atoms with Crippen molar-refractivity contribution in [2.45, 2.75) is 38.1 Å². The van der Waals surface area contributed by atoms with Crippen LogP contribution in [0.5, 0.6) is 0 Å². The summed E-state index contributed by atoms with van der Waals surface area (Å²) in [7, 11) is 2.12. The monoisotopic (exact) mass is 418 g/mol. The number of nitrogens with zero attached hydrogens (tertiary/aromatic N) is 4. The number of carbonyl (C=O) groups excluding carboxylic acids is 1. The molecule has 0 spiro atoms. The number of H-pyrrole nitrogens is 1. The predicted octanol–water partition coefficient (Wildman–Crippen LogP) is 3.44. The molecular formula is C24H30N6O. The van der Waals surface area contributed by atoms with Crippen molar-refractivity contribution in [1.82, 2.24) is 25.4 Å². The van der Waals surface area contributed by atoms with E-state index in [2.05, 4.69) is 55.5 Å². The summed E-state index contributed by atoms with van der Waals surface area (Å²) in [5.41, 5.74) is 4.62. The molecule has 2 N–H and O–H groups in total. The molecule has 2 aliphatic rings. The van der Waals surface area contributed by atoms with Crippen LogP contribution in [-0.4, -0.2) is 65.3 Å². The summed E-state index contributed by atoms with van der Waals surface area (Å²) in [6, 6.07) is 8.54. The van der Waals surface area contributed by atoms with Gasteiger partial charge in [-0.1, -0.05) is 6.07 Å². The summed E-state index contributed by atoms with van der Waals surface area (Å²) in [4.78, 5) is 22.2. The maximum absolute atomic E-state index is 13.0. The minimum absolute atomic E-state index is 0.0989. The molecule has 0 atom stereocenters. The molecule has 7 nitrogen and oxygen atoms in total. The fourth-order valence-corrected chi connectivity index (χ4v) is 4.68. The van der Waals surface area contributed by atoms with Crippen molar-refractivity contribution in [3.63, 3.8) is 0 Å². The molecule has 0 aliphatic carbocycles. The third-order valence-corrected chi connectivity index (χ3v) is 6.61. The van der Waals surface area contributed by atoms with Gasteiger partial charge in [-0.3, -0.25) is 14.9 Å². The number of pyridine rings is 1. The third-order valence-electron chi connectivity index (χ3n) is 6.61. The van der Waals surface area contributed by atoms with Gasteiger partial charge in [0, 0.05) is 36.3 Å². The lowest BCUT2D eigenvalue weighted by atomic mass is 10.0. The van der Waals surface area contributed by atoms with Crippen molar-refractivity contribution >= 4 is 22.5 Å². The molecule has 1 aromatic carbocycles. The number of benzene rings is 1. The number of hydrogen-bond acceptors (Lipinski definition) is 5. The van der Waals surface area contributed by atoms with Gasteiger partial charge in [-0.2, -0.15) is 5.10 Å². The van der Waals surface area contributed by atoms with Gasteiger partial charge in [0.2, 0.25) is 0 Å². The molecule has 5 rings (SSSR count). The highest BCUT2D eigenvalue weighted by Gasteiger charge is 2.22. The minimum Gasteiger partial charge on any atom is -0.370 e.